The Bertz CT molecular complexity index is 651. The number of methoxy groups -OCH3 is 2. The molecule has 0 aliphatic carbocycles. The lowest BCUT2D eigenvalue weighted by Crippen LogP contribution is -2.42. The standard InChI is InChI=1S/C22H36N2O3/c1-21(2,3)16-11-14(12-17(18(16)26-8)22(4,5)6)10-15-13-24(7)19(23-15)20(25)27-9/h11-12,15,19,23H,10,13H2,1-9H3/t15-,19?/m0/s1. The summed E-state index contributed by atoms with van der Waals surface area (Å²) in [6.45, 7) is 14.1. The lowest BCUT2D eigenvalue weighted by Gasteiger charge is -2.30. The minimum Gasteiger partial charge on any atom is -0.496 e. The topological polar surface area (TPSA) is 50.8 Å². The van der Waals surface area contributed by atoms with Crippen molar-refractivity contribution in [1.29, 1.82) is 0 Å². The van der Waals surface area contributed by atoms with Gasteiger partial charge in [-0.25, -0.2) is 4.79 Å². The van der Waals surface area contributed by atoms with Gasteiger partial charge in [0.2, 0.25) is 0 Å². The summed E-state index contributed by atoms with van der Waals surface area (Å²) in [5, 5.41) is 3.41. The van der Waals surface area contributed by atoms with Crippen LogP contribution in [-0.4, -0.2) is 50.9 Å². The lowest BCUT2D eigenvalue weighted by atomic mass is 9.78. The molecule has 1 unspecified atom stereocenters. The van der Waals surface area contributed by atoms with E-state index in [0.29, 0.717) is 0 Å². The van der Waals surface area contributed by atoms with Crippen molar-refractivity contribution in [2.24, 2.45) is 0 Å². The molecule has 5 heteroatoms. The van der Waals surface area contributed by atoms with Crippen LogP contribution >= 0.6 is 0 Å². The van der Waals surface area contributed by atoms with Gasteiger partial charge in [-0.05, 0) is 29.9 Å². The number of likely N-dealkylation sites (N-methyl/N-ethyl adjacent to an activating group) is 1. The van der Waals surface area contributed by atoms with E-state index in [1.807, 2.05) is 11.9 Å². The summed E-state index contributed by atoms with van der Waals surface area (Å²) in [4.78, 5) is 13.9. The molecule has 2 rings (SSSR count). The van der Waals surface area contributed by atoms with Crippen LogP contribution in [0.2, 0.25) is 0 Å². The van der Waals surface area contributed by atoms with Gasteiger partial charge < -0.3 is 9.47 Å². The third kappa shape index (κ3) is 4.82. The van der Waals surface area contributed by atoms with E-state index in [0.717, 1.165) is 18.7 Å². The Hall–Kier alpha value is -1.59. The first kappa shape index (κ1) is 21.7. The molecule has 0 bridgehead atoms. The Morgan fingerprint density at radius 1 is 1.11 bits per heavy atom. The lowest BCUT2D eigenvalue weighted by molar-refractivity contribution is -0.146. The van der Waals surface area contributed by atoms with E-state index in [-0.39, 0.29) is 29.0 Å². The summed E-state index contributed by atoms with van der Waals surface area (Å²) in [5.74, 6) is 0.753. The highest BCUT2D eigenvalue weighted by molar-refractivity contribution is 5.75. The summed E-state index contributed by atoms with van der Waals surface area (Å²) in [6, 6.07) is 4.73. The molecule has 152 valence electrons. The number of ether oxygens (including phenoxy) is 2. The average molecular weight is 377 g/mol. The van der Waals surface area contributed by atoms with Gasteiger partial charge in [0.25, 0.3) is 0 Å². The number of carbonyl (C=O) groups is 1. The molecule has 1 aromatic carbocycles. The Balaban J connectivity index is 2.39. The van der Waals surface area contributed by atoms with E-state index in [9.17, 15) is 4.79 Å². The van der Waals surface area contributed by atoms with Crippen molar-refractivity contribution < 1.29 is 14.3 Å². The highest BCUT2D eigenvalue weighted by Gasteiger charge is 2.35. The van der Waals surface area contributed by atoms with Crippen molar-refractivity contribution >= 4 is 5.97 Å². The summed E-state index contributed by atoms with van der Waals surface area (Å²) in [5.41, 5.74) is 3.68. The Morgan fingerprint density at radius 3 is 2.04 bits per heavy atom. The van der Waals surface area contributed by atoms with E-state index < -0.39 is 0 Å². The Kier molecular flexibility index (Phi) is 6.27. The first-order valence-corrected chi connectivity index (χ1v) is 9.64. The van der Waals surface area contributed by atoms with Gasteiger partial charge in [0.05, 0.1) is 14.2 Å². The molecule has 0 saturated carbocycles. The fourth-order valence-corrected chi connectivity index (χ4v) is 3.76. The second-order valence-corrected chi connectivity index (χ2v) is 9.66. The van der Waals surface area contributed by atoms with Crippen LogP contribution in [-0.2, 0) is 26.8 Å². The number of hydrogen-bond acceptors (Lipinski definition) is 5. The molecule has 27 heavy (non-hydrogen) atoms. The van der Waals surface area contributed by atoms with E-state index >= 15 is 0 Å². The number of hydrogen-bond donors (Lipinski definition) is 1. The van der Waals surface area contributed by atoms with Crippen molar-refractivity contribution in [3.8, 4) is 5.75 Å². The summed E-state index contributed by atoms with van der Waals surface area (Å²) < 4.78 is 10.8. The van der Waals surface area contributed by atoms with E-state index in [1.54, 1.807) is 7.11 Å². The predicted molar refractivity (Wildman–Crippen MR) is 109 cm³/mol. The van der Waals surface area contributed by atoms with Gasteiger partial charge >= 0.3 is 5.97 Å². The smallest absolute Gasteiger partial charge is 0.338 e. The van der Waals surface area contributed by atoms with Crippen molar-refractivity contribution in [1.82, 2.24) is 10.2 Å². The molecule has 1 saturated heterocycles. The third-order valence-corrected chi connectivity index (χ3v) is 5.22. The van der Waals surface area contributed by atoms with Gasteiger partial charge in [0.15, 0.2) is 6.17 Å². The number of benzene rings is 1. The highest BCUT2D eigenvalue weighted by Crippen LogP contribution is 2.40. The maximum atomic E-state index is 11.9. The molecule has 0 amide bonds. The second kappa shape index (κ2) is 7.80. The molecule has 0 radical (unpaired) electrons. The van der Waals surface area contributed by atoms with Crippen LogP contribution in [0.5, 0.6) is 5.75 Å². The minimum absolute atomic E-state index is 0.0181. The van der Waals surface area contributed by atoms with Gasteiger partial charge in [-0.15, -0.1) is 0 Å². The highest BCUT2D eigenvalue weighted by atomic mass is 16.5. The second-order valence-electron chi connectivity index (χ2n) is 9.66. The monoisotopic (exact) mass is 376 g/mol. The zero-order valence-corrected chi connectivity index (χ0v) is 18.4. The van der Waals surface area contributed by atoms with Gasteiger partial charge in [-0.2, -0.15) is 0 Å². The number of rotatable bonds is 4. The SMILES string of the molecule is COC(=O)C1N[C@@H](Cc2cc(C(C)(C)C)c(OC)c(C(C)(C)C)c2)CN1C. The number of carbonyl (C=O) groups excluding carboxylic acids is 1. The average Bonchev–Trinajstić information content (AvgIpc) is 2.92. The van der Waals surface area contributed by atoms with Crippen molar-refractivity contribution in [2.45, 2.75) is 71.0 Å². The molecule has 0 aromatic heterocycles. The first-order valence-electron chi connectivity index (χ1n) is 9.64. The van der Waals surface area contributed by atoms with Crippen LogP contribution in [0.1, 0.15) is 58.2 Å². The van der Waals surface area contributed by atoms with Crippen LogP contribution in [0.15, 0.2) is 12.1 Å². The van der Waals surface area contributed by atoms with Crippen molar-refractivity contribution in [3.05, 3.63) is 28.8 Å². The number of nitrogens with zero attached hydrogens (tertiary/aromatic N) is 1. The van der Waals surface area contributed by atoms with E-state index in [1.165, 1.54) is 23.8 Å². The normalized spacial score (nSPS) is 21.4. The van der Waals surface area contributed by atoms with Crippen molar-refractivity contribution in [3.63, 3.8) is 0 Å². The number of esters is 1. The van der Waals surface area contributed by atoms with Crippen LogP contribution in [0.4, 0.5) is 0 Å². The first-order chi connectivity index (χ1) is 12.4. The van der Waals surface area contributed by atoms with Crippen LogP contribution in [0, 0.1) is 0 Å². The van der Waals surface area contributed by atoms with Gasteiger partial charge in [0, 0.05) is 23.7 Å². The van der Waals surface area contributed by atoms with Crippen LogP contribution in [0.25, 0.3) is 0 Å². The van der Waals surface area contributed by atoms with Gasteiger partial charge in [0.1, 0.15) is 5.75 Å². The van der Waals surface area contributed by atoms with Crippen LogP contribution < -0.4 is 10.1 Å². The fourth-order valence-electron chi connectivity index (χ4n) is 3.76. The molecule has 1 aliphatic heterocycles. The summed E-state index contributed by atoms with van der Waals surface area (Å²) in [7, 11) is 5.14. The number of nitrogens with one attached hydrogen (secondary N) is 1. The zero-order chi connectivity index (χ0) is 20.6. The van der Waals surface area contributed by atoms with Crippen LogP contribution in [0.3, 0.4) is 0 Å². The summed E-state index contributed by atoms with van der Waals surface area (Å²) in [6.07, 6.45) is 0.482. The molecule has 2 atom stereocenters. The van der Waals surface area contributed by atoms with E-state index in [2.05, 4.69) is 59.0 Å². The molecular weight excluding hydrogens is 340 g/mol. The molecule has 1 aliphatic rings. The third-order valence-electron chi connectivity index (χ3n) is 5.22. The van der Waals surface area contributed by atoms with Gasteiger partial charge in [-0.1, -0.05) is 53.7 Å². The predicted octanol–water partition coefficient (Wildman–Crippen LogP) is 3.24. The quantitative estimate of drug-likeness (QED) is 0.818. The molecule has 5 nitrogen and oxygen atoms in total. The molecule has 0 spiro atoms. The van der Waals surface area contributed by atoms with E-state index in [4.69, 9.17) is 9.47 Å². The summed E-state index contributed by atoms with van der Waals surface area (Å²) >= 11 is 0. The molecule has 1 aromatic rings. The molecule has 1 fully saturated rings. The minimum atomic E-state index is -0.373. The fraction of sp³-hybridized carbons (Fsp3) is 0.682. The Morgan fingerprint density at radius 2 is 1.63 bits per heavy atom. The Labute approximate surface area is 164 Å². The maximum Gasteiger partial charge on any atom is 0.338 e. The molecular formula is C22H36N2O3. The van der Waals surface area contributed by atoms with Crippen molar-refractivity contribution in [2.75, 3.05) is 27.8 Å². The maximum absolute atomic E-state index is 11.9. The molecule has 1 heterocycles. The largest absolute Gasteiger partial charge is 0.496 e. The zero-order valence-electron chi connectivity index (χ0n) is 18.4. The molecule has 1 N–H and O–H groups in total. The van der Waals surface area contributed by atoms with Gasteiger partial charge in [-0.3, -0.25) is 10.2 Å².